The van der Waals surface area contributed by atoms with E-state index in [1.54, 1.807) is 54.5 Å². The molecular formula is C49H58ClFN12O3. The first-order valence-electron chi connectivity index (χ1n) is 23.0. The normalized spacial score (nSPS) is 21.5. The number of likely N-dealkylation sites (tertiary alicyclic amines) is 1. The van der Waals surface area contributed by atoms with E-state index in [9.17, 15) is 14.9 Å². The molecule has 1 saturated carbocycles. The van der Waals surface area contributed by atoms with E-state index >= 15 is 4.39 Å². The standard InChI is InChI=1S/C49H58ClFN12O3/c1-30(64)62-20-15-42-38(29-62)43(56-41-10-8-32(21-40(41)51)35-26-55-59(6)27-35)58-63(42)36-14-17-60(28-36)16-11-31-12-18-61(19-13-31)47-53-24-34(25-54-47)44(65)57-45-48(2,3)46(49(45,4)5)66-37-9-7-33(23-52)39(50)22-37/h7-10,21-22,24-27,31,36,45-46H,11-20,28-29H2,1-6H3,(H,56,58)(H,57,65). The summed E-state index contributed by atoms with van der Waals surface area (Å²) < 4.78 is 25.8. The minimum atomic E-state index is -0.387. The van der Waals surface area contributed by atoms with Crippen molar-refractivity contribution in [2.45, 2.75) is 91.5 Å². The first-order valence-corrected chi connectivity index (χ1v) is 23.3. The Hall–Kier alpha value is -6.05. The molecule has 5 aromatic rings. The molecule has 15 nitrogen and oxygen atoms in total. The highest BCUT2D eigenvalue weighted by molar-refractivity contribution is 6.31. The molecule has 1 aliphatic carbocycles. The van der Waals surface area contributed by atoms with Gasteiger partial charge in [0.2, 0.25) is 11.9 Å². The summed E-state index contributed by atoms with van der Waals surface area (Å²) in [7, 11) is 1.83. The fourth-order valence-electron chi connectivity index (χ4n) is 11.0. The summed E-state index contributed by atoms with van der Waals surface area (Å²) in [5.74, 6) is 1.83. The number of aryl methyl sites for hydroxylation is 1. The number of hydrogen-bond donors (Lipinski definition) is 2. The van der Waals surface area contributed by atoms with Crippen molar-refractivity contribution >= 4 is 40.9 Å². The van der Waals surface area contributed by atoms with Crippen molar-refractivity contribution in [3.63, 3.8) is 0 Å². The van der Waals surface area contributed by atoms with Crippen molar-refractivity contribution in [2.75, 3.05) is 49.5 Å². The number of ether oxygens (including phenoxy) is 1. The van der Waals surface area contributed by atoms with Gasteiger partial charge in [-0.05, 0) is 68.0 Å². The third kappa shape index (κ3) is 8.82. The van der Waals surface area contributed by atoms with Crippen LogP contribution in [0.15, 0.2) is 61.2 Å². The summed E-state index contributed by atoms with van der Waals surface area (Å²) in [6.45, 7) is 15.6. The molecule has 1 atom stereocenters. The quantitative estimate of drug-likeness (QED) is 0.127. The van der Waals surface area contributed by atoms with Gasteiger partial charge in [-0.2, -0.15) is 15.5 Å². The third-order valence-corrected chi connectivity index (χ3v) is 14.8. The minimum Gasteiger partial charge on any atom is -0.489 e. The number of carbonyl (C=O) groups is 2. The van der Waals surface area contributed by atoms with Crippen LogP contribution in [0.4, 0.5) is 21.8 Å². The zero-order chi connectivity index (χ0) is 46.5. The van der Waals surface area contributed by atoms with Gasteiger partial charge < -0.3 is 30.1 Å². The van der Waals surface area contributed by atoms with Crippen molar-refractivity contribution < 1.29 is 18.7 Å². The number of halogens is 2. The van der Waals surface area contributed by atoms with Crippen LogP contribution in [-0.2, 0) is 24.8 Å². The molecule has 2 N–H and O–H groups in total. The first kappa shape index (κ1) is 45.1. The number of nitriles is 1. The lowest BCUT2D eigenvalue weighted by Gasteiger charge is -2.63. The number of benzene rings is 2. The lowest BCUT2D eigenvalue weighted by molar-refractivity contribution is -0.164. The van der Waals surface area contributed by atoms with E-state index < -0.39 is 0 Å². The molecule has 0 spiro atoms. The van der Waals surface area contributed by atoms with Gasteiger partial charge >= 0.3 is 0 Å². The number of rotatable bonds is 12. The zero-order valence-electron chi connectivity index (χ0n) is 38.5. The van der Waals surface area contributed by atoms with Gasteiger partial charge in [-0.3, -0.25) is 19.0 Å². The molecule has 2 amide bonds. The van der Waals surface area contributed by atoms with E-state index in [2.05, 4.69) is 73.9 Å². The van der Waals surface area contributed by atoms with E-state index in [1.807, 2.05) is 24.2 Å². The van der Waals surface area contributed by atoms with E-state index in [0.29, 0.717) is 64.8 Å². The number of fused-ring (bicyclic) bond motifs is 1. The smallest absolute Gasteiger partial charge is 0.254 e. The van der Waals surface area contributed by atoms with Crippen molar-refractivity contribution in [1.29, 1.82) is 5.26 Å². The molecule has 6 heterocycles. The maximum Gasteiger partial charge on any atom is 0.254 e. The Labute approximate surface area is 390 Å². The van der Waals surface area contributed by atoms with Gasteiger partial charge in [-0.15, -0.1) is 0 Å². The molecule has 3 fully saturated rings. The molecule has 17 heteroatoms. The van der Waals surface area contributed by atoms with E-state index in [4.69, 9.17) is 21.4 Å². The summed E-state index contributed by atoms with van der Waals surface area (Å²) in [6, 6.07) is 12.3. The van der Waals surface area contributed by atoms with Crippen molar-refractivity contribution in [2.24, 2.45) is 23.8 Å². The molecule has 1 unspecified atom stereocenters. The summed E-state index contributed by atoms with van der Waals surface area (Å²) in [6.07, 6.45) is 11.5. The number of hydrogen-bond acceptors (Lipinski definition) is 11. The highest BCUT2D eigenvalue weighted by Crippen LogP contribution is 2.55. The number of nitrogens with one attached hydrogen (secondary N) is 2. The monoisotopic (exact) mass is 916 g/mol. The van der Waals surface area contributed by atoms with Crippen molar-refractivity contribution in [3.8, 4) is 22.9 Å². The number of aromatic nitrogens is 6. The van der Waals surface area contributed by atoms with Crippen LogP contribution in [0.2, 0.25) is 5.02 Å². The average molecular weight is 918 g/mol. The zero-order valence-corrected chi connectivity index (χ0v) is 39.3. The summed E-state index contributed by atoms with van der Waals surface area (Å²) in [5.41, 5.74) is 4.03. The fraction of sp³-hybridized carbons (Fsp3) is 0.490. The summed E-state index contributed by atoms with van der Waals surface area (Å²) in [4.78, 5) is 41.8. The maximum absolute atomic E-state index is 15.5. The van der Waals surface area contributed by atoms with Crippen LogP contribution < -0.4 is 20.3 Å². The summed E-state index contributed by atoms with van der Waals surface area (Å²) in [5, 5.41) is 25.4. The highest BCUT2D eigenvalue weighted by Gasteiger charge is 2.64. The molecule has 3 aromatic heterocycles. The number of nitrogens with zero attached hydrogens (tertiary/aromatic N) is 10. The van der Waals surface area contributed by atoms with Crippen LogP contribution in [0.3, 0.4) is 0 Å². The summed E-state index contributed by atoms with van der Waals surface area (Å²) >= 11 is 6.26. The molecule has 3 aliphatic heterocycles. The second-order valence-electron chi connectivity index (χ2n) is 19.7. The van der Waals surface area contributed by atoms with Gasteiger partial charge in [-0.25, -0.2) is 14.4 Å². The van der Waals surface area contributed by atoms with Crippen molar-refractivity contribution in [3.05, 3.63) is 94.4 Å². The van der Waals surface area contributed by atoms with Crippen LogP contribution in [0.25, 0.3) is 11.1 Å². The SMILES string of the molecule is CC(=O)N1CCc2c(c(Nc3ccc(-c4cnn(C)c4)cc3F)nn2C2CCN(CCC3CCN(c4ncc(C(=O)NC5C(C)(C)C(Oc6ccc(C#N)c(Cl)c6)C5(C)C)cn4)CC3)C2)C1. The van der Waals surface area contributed by atoms with Gasteiger partial charge in [0.25, 0.3) is 5.91 Å². The maximum atomic E-state index is 15.5. The van der Waals surface area contributed by atoms with Crippen molar-refractivity contribution in [1.82, 2.24) is 44.6 Å². The topological polar surface area (TPSA) is 162 Å². The van der Waals surface area contributed by atoms with Gasteiger partial charge in [0, 0.05) is 111 Å². The molecule has 2 saturated heterocycles. The van der Waals surface area contributed by atoms with Gasteiger partial charge in [0.1, 0.15) is 23.7 Å². The van der Waals surface area contributed by atoms with E-state index in [1.165, 1.54) is 6.07 Å². The van der Waals surface area contributed by atoms with Crippen LogP contribution in [0.5, 0.6) is 5.75 Å². The van der Waals surface area contributed by atoms with Crippen LogP contribution in [-0.4, -0.2) is 103 Å². The Kier molecular flexibility index (Phi) is 12.3. The molecule has 0 bridgehead atoms. The van der Waals surface area contributed by atoms with Crippen LogP contribution in [0, 0.1) is 33.9 Å². The number of amides is 2. The van der Waals surface area contributed by atoms with Gasteiger partial charge in [0.05, 0.1) is 40.6 Å². The van der Waals surface area contributed by atoms with E-state index in [0.717, 1.165) is 80.8 Å². The highest BCUT2D eigenvalue weighted by atomic mass is 35.5. The average Bonchev–Trinajstić information content (AvgIpc) is 4.06. The molecule has 9 rings (SSSR count). The predicted molar refractivity (Wildman–Crippen MR) is 250 cm³/mol. The molecule has 2 aromatic carbocycles. The van der Waals surface area contributed by atoms with Crippen LogP contribution >= 0.6 is 11.6 Å². The fourth-order valence-corrected chi connectivity index (χ4v) is 11.2. The van der Waals surface area contributed by atoms with Crippen LogP contribution in [0.1, 0.15) is 93.5 Å². The molecule has 0 radical (unpaired) electrons. The van der Waals surface area contributed by atoms with Gasteiger partial charge in [0.15, 0.2) is 5.82 Å². The second kappa shape index (κ2) is 18.0. The number of carbonyl (C=O) groups excluding carboxylic acids is 2. The number of anilines is 3. The van der Waals surface area contributed by atoms with Gasteiger partial charge in [-0.1, -0.05) is 45.4 Å². The first-order chi connectivity index (χ1) is 31.6. The molecule has 346 valence electrons. The Morgan fingerprint density at radius 3 is 2.41 bits per heavy atom. The molecular weight excluding hydrogens is 859 g/mol. The lowest BCUT2D eigenvalue weighted by Crippen LogP contribution is -2.74. The third-order valence-electron chi connectivity index (χ3n) is 14.5. The largest absolute Gasteiger partial charge is 0.489 e. The molecule has 4 aliphatic rings. The Morgan fingerprint density at radius 1 is 0.985 bits per heavy atom. The minimum absolute atomic E-state index is 0.0170. The Bertz CT molecular complexity index is 2650. The van der Waals surface area contributed by atoms with E-state index in [-0.39, 0.29) is 46.6 Å². The molecule has 66 heavy (non-hydrogen) atoms. The Morgan fingerprint density at radius 2 is 1.74 bits per heavy atom. The Balaban J connectivity index is 0.760. The lowest BCUT2D eigenvalue weighted by atomic mass is 9.49. The number of piperidine rings is 1. The second-order valence-corrected chi connectivity index (χ2v) is 20.1. The predicted octanol–water partition coefficient (Wildman–Crippen LogP) is 7.55.